The average molecular weight is 190 g/mol. The van der Waals surface area contributed by atoms with Crippen molar-refractivity contribution in [2.75, 3.05) is 19.0 Å². The van der Waals surface area contributed by atoms with Crippen LogP contribution in [0.1, 0.15) is 12.5 Å². The van der Waals surface area contributed by atoms with Gasteiger partial charge in [-0.3, -0.25) is 0 Å². The second kappa shape index (κ2) is 4.82. The van der Waals surface area contributed by atoms with Crippen LogP contribution >= 0.6 is 0 Å². The van der Waals surface area contributed by atoms with E-state index in [9.17, 15) is 0 Å². The van der Waals surface area contributed by atoms with E-state index in [0.717, 1.165) is 0 Å². The van der Waals surface area contributed by atoms with Crippen LogP contribution < -0.4 is 10.6 Å². The highest BCUT2D eigenvalue weighted by atomic mass is 15.1. The van der Waals surface area contributed by atoms with Gasteiger partial charge in [0.05, 0.1) is 0 Å². The molecule has 0 aromatic heterocycles. The zero-order chi connectivity index (χ0) is 10.6. The highest BCUT2D eigenvalue weighted by Gasteiger charge is 1.94. The fraction of sp³-hybridized carbons (Fsp3) is 0.333. The van der Waals surface area contributed by atoms with Crippen molar-refractivity contribution in [1.82, 2.24) is 0 Å². The molecule has 14 heavy (non-hydrogen) atoms. The van der Waals surface area contributed by atoms with Crippen LogP contribution in [-0.4, -0.2) is 20.1 Å². The van der Waals surface area contributed by atoms with Crippen molar-refractivity contribution in [2.24, 2.45) is 5.73 Å². The summed E-state index contributed by atoms with van der Waals surface area (Å²) >= 11 is 0. The van der Waals surface area contributed by atoms with Gasteiger partial charge < -0.3 is 10.6 Å². The Kier molecular flexibility index (Phi) is 3.72. The maximum Gasteiger partial charge on any atom is 0.0367 e. The highest BCUT2D eigenvalue weighted by molar-refractivity contribution is 5.58. The van der Waals surface area contributed by atoms with Gasteiger partial charge in [-0.1, -0.05) is 24.3 Å². The van der Waals surface area contributed by atoms with E-state index in [1.807, 2.05) is 27.1 Å². The maximum atomic E-state index is 5.64. The number of anilines is 1. The van der Waals surface area contributed by atoms with Gasteiger partial charge in [0.1, 0.15) is 0 Å². The van der Waals surface area contributed by atoms with Crippen molar-refractivity contribution >= 4 is 11.8 Å². The normalized spacial score (nSPS) is 13.1. The third-order valence-electron chi connectivity index (χ3n) is 1.98. The van der Waals surface area contributed by atoms with Crippen molar-refractivity contribution in [3.8, 4) is 0 Å². The zero-order valence-electron chi connectivity index (χ0n) is 9.07. The molecule has 1 aromatic carbocycles. The van der Waals surface area contributed by atoms with Crippen molar-refractivity contribution in [2.45, 2.75) is 13.0 Å². The third kappa shape index (κ3) is 3.23. The SMILES string of the molecule is CC(N)/C=C/c1cccc(N(C)C)c1. The van der Waals surface area contributed by atoms with Crippen LogP contribution in [0.3, 0.4) is 0 Å². The van der Waals surface area contributed by atoms with Crippen LogP contribution in [0.5, 0.6) is 0 Å². The molecule has 1 unspecified atom stereocenters. The van der Waals surface area contributed by atoms with E-state index < -0.39 is 0 Å². The summed E-state index contributed by atoms with van der Waals surface area (Å²) < 4.78 is 0. The number of nitrogens with zero attached hydrogens (tertiary/aromatic N) is 1. The van der Waals surface area contributed by atoms with Crippen LogP contribution in [0.2, 0.25) is 0 Å². The molecule has 0 heterocycles. The van der Waals surface area contributed by atoms with E-state index in [4.69, 9.17) is 5.73 Å². The second-order valence-corrected chi connectivity index (χ2v) is 3.71. The van der Waals surface area contributed by atoms with Gasteiger partial charge in [-0.15, -0.1) is 0 Å². The summed E-state index contributed by atoms with van der Waals surface area (Å²) in [6.45, 7) is 1.96. The van der Waals surface area contributed by atoms with E-state index >= 15 is 0 Å². The average Bonchev–Trinajstić information content (AvgIpc) is 2.15. The largest absolute Gasteiger partial charge is 0.378 e. The van der Waals surface area contributed by atoms with Crippen LogP contribution in [0.4, 0.5) is 5.69 Å². The Morgan fingerprint density at radius 2 is 2.07 bits per heavy atom. The molecule has 1 rings (SSSR count). The molecule has 0 aliphatic rings. The van der Waals surface area contributed by atoms with E-state index in [0.29, 0.717) is 0 Å². The zero-order valence-corrected chi connectivity index (χ0v) is 9.07. The van der Waals surface area contributed by atoms with Gasteiger partial charge in [0.15, 0.2) is 0 Å². The number of hydrogen-bond donors (Lipinski definition) is 1. The third-order valence-corrected chi connectivity index (χ3v) is 1.98. The summed E-state index contributed by atoms with van der Waals surface area (Å²) in [5.74, 6) is 0. The summed E-state index contributed by atoms with van der Waals surface area (Å²) in [4.78, 5) is 2.09. The quantitative estimate of drug-likeness (QED) is 0.791. The lowest BCUT2D eigenvalue weighted by Gasteiger charge is -2.12. The molecule has 0 bridgehead atoms. The first-order valence-corrected chi connectivity index (χ1v) is 4.81. The minimum absolute atomic E-state index is 0.109. The lowest BCUT2D eigenvalue weighted by molar-refractivity contribution is 0.931. The summed E-state index contributed by atoms with van der Waals surface area (Å²) in [6.07, 6.45) is 4.05. The van der Waals surface area contributed by atoms with Gasteiger partial charge in [0, 0.05) is 25.8 Å². The summed E-state index contributed by atoms with van der Waals surface area (Å²) in [5, 5.41) is 0. The van der Waals surface area contributed by atoms with Crippen LogP contribution in [0.15, 0.2) is 30.3 Å². The molecule has 1 aromatic rings. The maximum absolute atomic E-state index is 5.64. The Bertz CT molecular complexity index is 314. The molecular formula is C12H18N2. The molecular weight excluding hydrogens is 172 g/mol. The summed E-state index contributed by atoms with van der Waals surface area (Å²) in [6, 6.07) is 8.46. The Morgan fingerprint density at radius 1 is 1.36 bits per heavy atom. The Balaban J connectivity index is 2.83. The lowest BCUT2D eigenvalue weighted by atomic mass is 10.1. The van der Waals surface area contributed by atoms with Crippen molar-refractivity contribution < 1.29 is 0 Å². The fourth-order valence-electron chi connectivity index (χ4n) is 1.17. The first kappa shape index (κ1) is 10.8. The van der Waals surface area contributed by atoms with E-state index in [1.165, 1.54) is 11.3 Å². The number of benzene rings is 1. The number of hydrogen-bond acceptors (Lipinski definition) is 2. The number of nitrogens with two attached hydrogens (primary N) is 1. The van der Waals surface area contributed by atoms with Crippen molar-refractivity contribution in [3.05, 3.63) is 35.9 Å². The van der Waals surface area contributed by atoms with Crippen LogP contribution in [0, 0.1) is 0 Å². The molecule has 0 radical (unpaired) electrons. The molecule has 0 saturated heterocycles. The Morgan fingerprint density at radius 3 is 2.64 bits per heavy atom. The molecule has 0 amide bonds. The molecule has 0 aliphatic carbocycles. The van der Waals surface area contributed by atoms with E-state index in [-0.39, 0.29) is 6.04 Å². The van der Waals surface area contributed by atoms with Gasteiger partial charge in [-0.25, -0.2) is 0 Å². The molecule has 2 N–H and O–H groups in total. The summed E-state index contributed by atoms with van der Waals surface area (Å²) in [7, 11) is 4.07. The first-order chi connectivity index (χ1) is 6.59. The van der Waals surface area contributed by atoms with E-state index in [2.05, 4.69) is 35.2 Å². The standard InChI is InChI=1S/C12H18N2/c1-10(13)7-8-11-5-4-6-12(9-11)14(2)3/h4-10H,13H2,1-3H3/b8-7+. The molecule has 1 atom stereocenters. The molecule has 0 fully saturated rings. The lowest BCUT2D eigenvalue weighted by Crippen LogP contribution is -2.10. The van der Waals surface area contributed by atoms with Crippen molar-refractivity contribution in [3.63, 3.8) is 0 Å². The van der Waals surface area contributed by atoms with Crippen LogP contribution in [-0.2, 0) is 0 Å². The van der Waals surface area contributed by atoms with Gasteiger partial charge in [-0.2, -0.15) is 0 Å². The molecule has 0 spiro atoms. The molecule has 2 heteroatoms. The van der Waals surface area contributed by atoms with Gasteiger partial charge in [0.25, 0.3) is 0 Å². The first-order valence-electron chi connectivity index (χ1n) is 4.81. The van der Waals surface area contributed by atoms with Gasteiger partial charge >= 0.3 is 0 Å². The predicted molar refractivity (Wildman–Crippen MR) is 63.5 cm³/mol. The predicted octanol–water partition coefficient (Wildman–Crippen LogP) is 2.11. The topological polar surface area (TPSA) is 29.3 Å². The van der Waals surface area contributed by atoms with Gasteiger partial charge in [-0.05, 0) is 24.6 Å². The second-order valence-electron chi connectivity index (χ2n) is 3.71. The van der Waals surface area contributed by atoms with Crippen molar-refractivity contribution in [1.29, 1.82) is 0 Å². The molecule has 2 nitrogen and oxygen atoms in total. The number of rotatable bonds is 3. The molecule has 0 aliphatic heterocycles. The minimum atomic E-state index is 0.109. The molecule has 76 valence electrons. The molecule has 0 saturated carbocycles. The van der Waals surface area contributed by atoms with E-state index in [1.54, 1.807) is 0 Å². The monoisotopic (exact) mass is 190 g/mol. The fourth-order valence-corrected chi connectivity index (χ4v) is 1.17. The Hall–Kier alpha value is -1.28. The minimum Gasteiger partial charge on any atom is -0.378 e. The van der Waals surface area contributed by atoms with Crippen LogP contribution in [0.25, 0.3) is 6.08 Å². The summed E-state index contributed by atoms with van der Waals surface area (Å²) in [5.41, 5.74) is 8.03. The Labute approximate surface area is 86.0 Å². The van der Waals surface area contributed by atoms with Gasteiger partial charge in [0.2, 0.25) is 0 Å². The smallest absolute Gasteiger partial charge is 0.0367 e. The highest BCUT2D eigenvalue weighted by Crippen LogP contribution is 2.14.